The van der Waals surface area contributed by atoms with Gasteiger partial charge in [-0.2, -0.15) is 5.10 Å². The van der Waals surface area contributed by atoms with Gasteiger partial charge < -0.3 is 5.73 Å². The first-order chi connectivity index (χ1) is 6.52. The van der Waals surface area contributed by atoms with E-state index >= 15 is 0 Å². The first-order valence-corrected chi connectivity index (χ1v) is 2.61. The lowest BCUT2D eigenvalue weighted by Gasteiger charge is -1.91. The molecule has 0 radical (unpaired) electrons. The van der Waals surface area contributed by atoms with Crippen LogP contribution in [0.5, 0.6) is 0 Å². The summed E-state index contributed by atoms with van der Waals surface area (Å²) in [5, 5.41) is 3.56. The Bertz CT molecular complexity index is 475. The van der Waals surface area contributed by atoms with Crippen LogP contribution in [0.15, 0.2) is 24.6 Å². The van der Waals surface area contributed by atoms with Gasteiger partial charge in [-0.15, -0.1) is 0 Å². The summed E-state index contributed by atoms with van der Waals surface area (Å²) in [4.78, 5) is 3.62. The number of fused-ring (bicyclic) bond motifs is 1. The Morgan fingerprint density at radius 2 is 2.60 bits per heavy atom. The van der Waals surface area contributed by atoms with Crippen molar-refractivity contribution in [2.24, 2.45) is 0 Å². The average Bonchev–Trinajstić information content (AvgIpc) is 2.54. The quantitative estimate of drug-likeness (QED) is 0.570. The van der Waals surface area contributed by atoms with Gasteiger partial charge in [-0.1, -0.05) is 0 Å². The van der Waals surface area contributed by atoms with Crippen molar-refractivity contribution in [2.75, 3.05) is 5.73 Å². The number of aromatic nitrogens is 3. The predicted octanol–water partition coefficient (Wildman–Crippen LogP) is 0.311. The third-order valence-electron chi connectivity index (χ3n) is 1.04. The van der Waals surface area contributed by atoms with Crippen molar-refractivity contribution in [2.45, 2.75) is 0 Å². The largest absolute Gasteiger partial charge is 0.399 e. The van der Waals surface area contributed by atoms with Crippen LogP contribution in [0.25, 0.3) is 5.65 Å². The van der Waals surface area contributed by atoms with E-state index in [2.05, 4.69) is 10.1 Å². The second-order valence-electron chi connectivity index (χ2n) is 1.72. The minimum Gasteiger partial charge on any atom is -0.399 e. The van der Waals surface area contributed by atoms with Crippen molar-refractivity contribution in [3.05, 3.63) is 24.6 Å². The van der Waals surface area contributed by atoms with Crippen molar-refractivity contribution in [1.82, 2.24) is 14.6 Å². The van der Waals surface area contributed by atoms with Crippen molar-refractivity contribution in [1.29, 1.82) is 0 Å². The molecule has 0 bridgehead atoms. The van der Waals surface area contributed by atoms with Crippen molar-refractivity contribution in [3.8, 4) is 0 Å². The van der Waals surface area contributed by atoms with E-state index in [0.717, 1.165) is 4.52 Å². The van der Waals surface area contributed by atoms with Gasteiger partial charge in [-0.05, 0) is 6.04 Å². The molecule has 0 aromatic carbocycles. The summed E-state index contributed by atoms with van der Waals surface area (Å²) >= 11 is 0. The zero-order valence-corrected chi connectivity index (χ0v) is 4.92. The second-order valence-corrected chi connectivity index (χ2v) is 1.72. The lowest BCUT2D eigenvalue weighted by Crippen LogP contribution is -1.89. The van der Waals surface area contributed by atoms with Crippen LogP contribution >= 0.6 is 0 Å². The molecule has 0 saturated heterocycles. The summed E-state index contributed by atoms with van der Waals surface area (Å²) in [7, 11) is 0. The molecule has 0 fully saturated rings. The van der Waals surface area contributed by atoms with Crippen molar-refractivity contribution in [3.63, 3.8) is 0 Å². The number of nitrogen functional groups attached to an aromatic ring is 1. The third kappa shape index (κ3) is 0.621. The number of anilines is 1. The molecule has 0 aliphatic carbocycles. The van der Waals surface area contributed by atoms with Crippen LogP contribution in [-0.4, -0.2) is 14.6 Å². The molecule has 50 valence electrons. The highest BCUT2D eigenvalue weighted by Gasteiger charge is 1.92. The van der Waals surface area contributed by atoms with Crippen molar-refractivity contribution < 1.29 is 5.48 Å². The van der Waals surface area contributed by atoms with E-state index in [1.54, 1.807) is 0 Å². The van der Waals surface area contributed by atoms with Gasteiger partial charge in [0.2, 0.25) is 0 Å². The van der Waals surface area contributed by atoms with E-state index < -0.39 is 0 Å². The summed E-state index contributed by atoms with van der Waals surface area (Å²) in [5.41, 5.74) is 5.34. The Morgan fingerprint density at radius 1 is 1.70 bits per heavy atom. The molecule has 10 heavy (non-hydrogen) atoms. The van der Waals surface area contributed by atoms with Crippen LogP contribution in [0, 0.1) is 0 Å². The normalized spacial score (nSPS) is 16.0. The summed E-state index contributed by atoms with van der Waals surface area (Å²) in [6.07, 6.45) is -0.559. The van der Waals surface area contributed by atoms with Gasteiger partial charge in [0.25, 0.3) is 0 Å². The van der Waals surface area contributed by atoms with Gasteiger partial charge in [-0.3, -0.25) is 0 Å². The molecule has 2 heterocycles. The molecular formula is C6H6N4. The first kappa shape index (κ1) is 2.57. The minimum absolute atomic E-state index is 0.0356. The Kier molecular flexibility index (Phi) is 0.437. The number of hydrogen-bond acceptors (Lipinski definition) is 3. The van der Waals surface area contributed by atoms with Gasteiger partial charge >= 0.3 is 0 Å². The van der Waals surface area contributed by atoms with Gasteiger partial charge in [-0.25, -0.2) is 9.50 Å². The van der Waals surface area contributed by atoms with Gasteiger partial charge in [0.15, 0.2) is 5.65 Å². The Labute approximate surface area is 62.9 Å². The Morgan fingerprint density at radius 3 is 3.50 bits per heavy atom. The Hall–Kier alpha value is -1.58. The number of rotatable bonds is 0. The average molecular weight is 138 g/mol. The maximum absolute atomic E-state index is 7.50. The zero-order chi connectivity index (χ0) is 10.5. The molecule has 0 saturated carbocycles. The van der Waals surface area contributed by atoms with E-state index in [0.29, 0.717) is 0 Å². The molecular weight excluding hydrogens is 128 g/mol. The highest BCUT2D eigenvalue weighted by Crippen LogP contribution is 2.03. The molecule has 0 atom stereocenters. The van der Waals surface area contributed by atoms with Crippen molar-refractivity contribution >= 4 is 11.3 Å². The fourth-order valence-electron chi connectivity index (χ4n) is 0.633. The molecule has 2 aromatic heterocycles. The monoisotopic (exact) mass is 138 g/mol. The highest BCUT2D eigenvalue weighted by molar-refractivity contribution is 5.49. The minimum atomic E-state index is -0.294. The first-order valence-electron chi connectivity index (χ1n) is 4.61. The van der Waals surface area contributed by atoms with Crippen LogP contribution in [0.2, 0.25) is 0 Å². The van der Waals surface area contributed by atoms with Crippen LogP contribution in [0.3, 0.4) is 0 Å². The lowest BCUT2D eigenvalue weighted by atomic mass is 10.4. The van der Waals surface area contributed by atoms with Crippen LogP contribution in [-0.2, 0) is 0 Å². The summed E-state index contributed by atoms with van der Waals surface area (Å²) in [6, 6.07) is -0.440. The van der Waals surface area contributed by atoms with E-state index in [1.807, 2.05) is 0 Å². The van der Waals surface area contributed by atoms with E-state index in [4.69, 9.17) is 11.2 Å². The fraction of sp³-hybridized carbons (Fsp3) is 0. The van der Waals surface area contributed by atoms with Gasteiger partial charge in [0.1, 0.15) is 7.67 Å². The highest BCUT2D eigenvalue weighted by atomic mass is 15.3. The molecule has 0 aliphatic rings. The Balaban J connectivity index is 3.01. The van der Waals surface area contributed by atoms with Crippen LogP contribution < -0.4 is 5.73 Å². The number of hydrogen-bond donors (Lipinski definition) is 1. The standard InChI is InChI=1S/C6H6N4/c7-5-1-2-10-6(3-5)8-4-9-10/h1-4H,7H2/i1D,2D,3D,4D. The summed E-state index contributed by atoms with van der Waals surface area (Å²) in [5.74, 6) is 0. The molecule has 2 rings (SSSR count). The van der Waals surface area contributed by atoms with Gasteiger partial charge in [0, 0.05) is 17.9 Å². The molecule has 2 aromatic rings. The molecule has 0 spiro atoms. The van der Waals surface area contributed by atoms with Crippen LogP contribution in [0.1, 0.15) is 5.48 Å². The van der Waals surface area contributed by atoms with E-state index in [1.165, 1.54) is 0 Å². The van der Waals surface area contributed by atoms with Crippen LogP contribution in [0.4, 0.5) is 5.69 Å². The number of nitrogens with zero attached hydrogens (tertiary/aromatic N) is 3. The molecule has 0 aliphatic heterocycles. The van der Waals surface area contributed by atoms with E-state index in [-0.39, 0.29) is 35.9 Å². The zero-order valence-electron chi connectivity index (χ0n) is 8.92. The van der Waals surface area contributed by atoms with E-state index in [9.17, 15) is 0 Å². The number of pyridine rings is 1. The second kappa shape index (κ2) is 1.70. The smallest absolute Gasteiger partial charge is 0.157 e. The summed E-state index contributed by atoms with van der Waals surface area (Å²) < 4.78 is 30.5. The predicted molar refractivity (Wildman–Crippen MR) is 37.4 cm³/mol. The third-order valence-corrected chi connectivity index (χ3v) is 1.04. The molecule has 4 nitrogen and oxygen atoms in total. The lowest BCUT2D eigenvalue weighted by molar-refractivity contribution is 0.962. The molecule has 2 N–H and O–H groups in total. The molecule has 0 amide bonds. The SMILES string of the molecule is [2H]c1nc2c([2H])c(N)c([2H])c([2H])n2n1. The molecule has 4 heteroatoms. The topological polar surface area (TPSA) is 56.2 Å². The van der Waals surface area contributed by atoms with Gasteiger partial charge in [0.05, 0.1) is 4.11 Å². The fourth-order valence-corrected chi connectivity index (χ4v) is 0.633. The number of nitrogens with two attached hydrogens (primary N) is 1. The maximum atomic E-state index is 7.50. The maximum Gasteiger partial charge on any atom is 0.157 e. The summed E-state index contributed by atoms with van der Waals surface area (Å²) in [6.45, 7) is 0. The molecule has 0 unspecified atom stereocenters.